The number of aromatic nitrogens is 3. The molecule has 0 fully saturated rings. The number of nitrogens with zero attached hydrogens (tertiary/aromatic N) is 3. The van der Waals surface area contributed by atoms with Crippen LogP contribution in [-0.4, -0.2) is 13.7 Å². The third-order valence-corrected chi connectivity index (χ3v) is 17.2. The van der Waals surface area contributed by atoms with Gasteiger partial charge in [0.25, 0.3) is 0 Å². The molecular formula is C78H55N3. The van der Waals surface area contributed by atoms with E-state index in [-0.39, 0.29) is 0 Å². The summed E-state index contributed by atoms with van der Waals surface area (Å²) in [5.74, 6) is 0. The van der Waals surface area contributed by atoms with Crippen molar-refractivity contribution in [2.75, 3.05) is 0 Å². The van der Waals surface area contributed by atoms with Gasteiger partial charge in [0.1, 0.15) is 0 Å². The Labute approximate surface area is 470 Å². The lowest BCUT2D eigenvalue weighted by Crippen LogP contribution is -1.95. The minimum atomic E-state index is 1.05. The first kappa shape index (κ1) is 46.8. The molecule has 0 amide bonds. The van der Waals surface area contributed by atoms with Crippen LogP contribution in [0.25, 0.3) is 149 Å². The van der Waals surface area contributed by atoms with E-state index in [4.69, 9.17) is 0 Å². The molecule has 0 aliphatic carbocycles. The Morgan fingerprint density at radius 1 is 0.247 bits per heavy atom. The lowest BCUT2D eigenvalue weighted by Gasteiger charge is -2.18. The number of aryl methyl sites for hydroxylation is 2. The molecular weight excluding hydrogens is 979 g/mol. The summed E-state index contributed by atoms with van der Waals surface area (Å²) in [6.45, 7) is 4.46. The first-order valence-electron chi connectivity index (χ1n) is 28.5. The molecule has 81 heavy (non-hydrogen) atoms. The smallest absolute Gasteiger partial charge is 0.0541 e. The molecule has 3 heteroatoms. The molecule has 0 spiro atoms. The molecule has 0 aliphatic heterocycles. The van der Waals surface area contributed by atoms with E-state index < -0.39 is 0 Å². The summed E-state index contributed by atoms with van der Waals surface area (Å²) in [6.07, 6.45) is 2.16. The average Bonchev–Trinajstić information content (AvgIpc) is 4.17. The molecule has 13 aromatic carbocycles. The number of para-hydroxylation sites is 2. The quantitative estimate of drug-likeness (QED) is 0.128. The Bertz CT molecular complexity index is 5100. The molecule has 0 bridgehead atoms. The average molecular weight is 1030 g/mol. The number of rotatable bonds is 9. The van der Waals surface area contributed by atoms with Crippen LogP contribution in [0, 0.1) is 6.92 Å². The minimum Gasteiger partial charge on any atom is -0.309 e. The topological polar surface area (TPSA) is 14.8 Å². The van der Waals surface area contributed by atoms with Crippen LogP contribution >= 0.6 is 0 Å². The zero-order chi connectivity index (χ0) is 53.7. The fraction of sp³-hybridized carbons (Fsp3) is 0.0513. The Morgan fingerprint density at radius 3 is 0.963 bits per heavy atom. The number of fused-ring (bicyclic) bond motifs is 11. The highest BCUT2D eigenvalue weighted by molar-refractivity contribution is 6.22. The van der Waals surface area contributed by atoms with Crippen LogP contribution in [0.4, 0.5) is 0 Å². The van der Waals surface area contributed by atoms with Crippen molar-refractivity contribution in [3.63, 3.8) is 0 Å². The van der Waals surface area contributed by atoms with Crippen LogP contribution in [-0.2, 0) is 6.42 Å². The van der Waals surface area contributed by atoms with Crippen LogP contribution < -0.4 is 0 Å². The maximum Gasteiger partial charge on any atom is 0.0541 e. The molecule has 0 saturated carbocycles. The van der Waals surface area contributed by atoms with Gasteiger partial charge in [0.15, 0.2) is 0 Å². The van der Waals surface area contributed by atoms with Crippen molar-refractivity contribution in [3.05, 3.63) is 284 Å². The Hall–Kier alpha value is -10.2. The predicted molar refractivity (Wildman–Crippen MR) is 345 cm³/mol. The standard InChI is InChI=1S/C78H55N3/c1-3-17-51-29-39-72-66(45-51)68-47-55(33-41-74(68)80(72)59-22-11-6-12-23-59)57-35-43-76-70(49-57)69-48-56(54-32-40-73-67(46-54)65-44-50(2)28-38-71(65)79(73)58-20-9-5-10-21-58)34-42-75(69)81(76)60-36-30-53(31-37-60)78-63-26-15-13-24-61(63)77(52-18-7-4-8-19-52)62-25-14-16-27-64(62)78/h4-16,18-49H,3,17H2,1-2H3. The first-order valence-corrected chi connectivity index (χ1v) is 28.5. The van der Waals surface area contributed by atoms with E-state index in [9.17, 15) is 0 Å². The molecule has 3 aromatic heterocycles. The summed E-state index contributed by atoms with van der Waals surface area (Å²) in [5.41, 5.74) is 23.0. The summed E-state index contributed by atoms with van der Waals surface area (Å²) in [5, 5.41) is 12.5. The van der Waals surface area contributed by atoms with Gasteiger partial charge in [-0.3, -0.25) is 0 Å². The number of hydrogen-bond donors (Lipinski definition) is 0. The van der Waals surface area contributed by atoms with Crippen molar-refractivity contribution in [2.24, 2.45) is 0 Å². The van der Waals surface area contributed by atoms with Crippen molar-refractivity contribution in [3.8, 4) is 61.6 Å². The van der Waals surface area contributed by atoms with Gasteiger partial charge in [0.2, 0.25) is 0 Å². The van der Waals surface area contributed by atoms with E-state index in [2.05, 4.69) is 301 Å². The molecule has 0 N–H and O–H groups in total. The largest absolute Gasteiger partial charge is 0.309 e. The second-order valence-corrected chi connectivity index (χ2v) is 22.0. The molecule has 382 valence electrons. The van der Waals surface area contributed by atoms with Crippen molar-refractivity contribution in [2.45, 2.75) is 26.7 Å². The molecule has 16 rings (SSSR count). The molecule has 0 radical (unpaired) electrons. The third-order valence-electron chi connectivity index (χ3n) is 17.2. The van der Waals surface area contributed by atoms with Crippen molar-refractivity contribution >= 4 is 87.0 Å². The first-order chi connectivity index (χ1) is 40.0. The van der Waals surface area contributed by atoms with Gasteiger partial charge >= 0.3 is 0 Å². The molecule has 3 heterocycles. The summed E-state index contributed by atoms with van der Waals surface area (Å²) in [6, 6.07) is 102. The maximum atomic E-state index is 2.47. The number of hydrogen-bond acceptors (Lipinski definition) is 0. The van der Waals surface area contributed by atoms with Gasteiger partial charge in [-0.15, -0.1) is 0 Å². The zero-order valence-corrected chi connectivity index (χ0v) is 45.2. The molecule has 0 saturated heterocycles. The van der Waals surface area contributed by atoms with Crippen molar-refractivity contribution < 1.29 is 0 Å². The Morgan fingerprint density at radius 2 is 0.556 bits per heavy atom. The monoisotopic (exact) mass is 1030 g/mol. The van der Waals surface area contributed by atoms with Crippen LogP contribution in [0.1, 0.15) is 24.5 Å². The van der Waals surface area contributed by atoms with Crippen LogP contribution in [0.3, 0.4) is 0 Å². The summed E-state index contributed by atoms with van der Waals surface area (Å²) < 4.78 is 7.31. The SMILES string of the molecule is CCCc1ccc2c(c1)c1cc(-c3ccc4c(c3)c3cc(-c5ccc6c(c5)c5cc(C)ccc5n6-c5ccccc5)ccc3n4-c3ccc(-c4c5ccccc5c(-c5ccccc5)c5ccccc45)cc3)ccc1n2-c1ccccc1. The van der Waals surface area contributed by atoms with E-state index >= 15 is 0 Å². The second kappa shape index (κ2) is 18.7. The van der Waals surface area contributed by atoms with E-state index in [0.29, 0.717) is 0 Å². The minimum absolute atomic E-state index is 1.05. The molecule has 0 unspecified atom stereocenters. The lowest BCUT2D eigenvalue weighted by atomic mass is 9.86. The zero-order valence-electron chi connectivity index (χ0n) is 45.2. The van der Waals surface area contributed by atoms with E-state index in [0.717, 1.165) is 24.2 Å². The molecule has 0 aliphatic rings. The van der Waals surface area contributed by atoms with Crippen LogP contribution in [0.15, 0.2) is 273 Å². The van der Waals surface area contributed by atoms with E-state index in [1.54, 1.807) is 0 Å². The van der Waals surface area contributed by atoms with Crippen molar-refractivity contribution in [1.82, 2.24) is 13.7 Å². The second-order valence-electron chi connectivity index (χ2n) is 22.0. The van der Waals surface area contributed by atoms with Gasteiger partial charge in [-0.1, -0.05) is 183 Å². The molecule has 3 nitrogen and oxygen atoms in total. The Kier molecular flexibility index (Phi) is 10.8. The summed E-state index contributed by atoms with van der Waals surface area (Å²) in [7, 11) is 0. The van der Waals surface area contributed by atoms with Gasteiger partial charge in [-0.05, 0) is 194 Å². The fourth-order valence-electron chi connectivity index (χ4n) is 13.5. The predicted octanol–water partition coefficient (Wildman–Crippen LogP) is 21.2. The highest BCUT2D eigenvalue weighted by Crippen LogP contribution is 2.46. The van der Waals surface area contributed by atoms with Crippen molar-refractivity contribution in [1.29, 1.82) is 0 Å². The lowest BCUT2D eigenvalue weighted by molar-refractivity contribution is 0.923. The van der Waals surface area contributed by atoms with E-state index in [1.165, 1.54) is 148 Å². The van der Waals surface area contributed by atoms with Crippen LogP contribution in [0.5, 0.6) is 0 Å². The molecule has 16 aromatic rings. The van der Waals surface area contributed by atoms with Gasteiger partial charge in [0, 0.05) is 49.4 Å². The molecule has 0 atom stereocenters. The third kappa shape index (κ3) is 7.50. The van der Waals surface area contributed by atoms with Gasteiger partial charge in [0.05, 0.1) is 33.1 Å². The highest BCUT2D eigenvalue weighted by Gasteiger charge is 2.21. The summed E-state index contributed by atoms with van der Waals surface area (Å²) >= 11 is 0. The maximum absolute atomic E-state index is 2.47. The fourth-order valence-corrected chi connectivity index (χ4v) is 13.5. The normalized spacial score (nSPS) is 11.9. The highest BCUT2D eigenvalue weighted by atomic mass is 15.0. The van der Waals surface area contributed by atoms with E-state index in [1.807, 2.05) is 0 Å². The van der Waals surface area contributed by atoms with Gasteiger partial charge in [-0.25, -0.2) is 0 Å². The van der Waals surface area contributed by atoms with Crippen LogP contribution in [0.2, 0.25) is 0 Å². The number of benzene rings is 13. The Balaban J connectivity index is 0.887. The van der Waals surface area contributed by atoms with Gasteiger partial charge < -0.3 is 13.7 Å². The summed E-state index contributed by atoms with van der Waals surface area (Å²) in [4.78, 5) is 0. The van der Waals surface area contributed by atoms with Gasteiger partial charge in [-0.2, -0.15) is 0 Å².